The average Bonchev–Trinajstić information content (AvgIpc) is 2.93. The first-order valence-corrected chi connectivity index (χ1v) is 7.98. The number of ether oxygens (including phenoxy) is 1. The highest BCUT2D eigenvalue weighted by Gasteiger charge is 2.44. The van der Waals surface area contributed by atoms with Crippen LogP contribution in [0.5, 0.6) is 0 Å². The lowest BCUT2D eigenvalue weighted by Crippen LogP contribution is -2.43. The molecule has 10 nitrogen and oxygen atoms in total. The Balaban J connectivity index is 1.99. The number of aliphatic hydroxyl groups excluding tert-OH is 2. The molecule has 1 aromatic rings. The fraction of sp³-hybridized carbons (Fsp3) is 0.353. The third-order valence-corrected chi connectivity index (χ3v) is 3.75. The number of esters is 1. The minimum absolute atomic E-state index is 0.0459. The first-order chi connectivity index (χ1) is 12.8. The Hall–Kier alpha value is -3.11. The highest BCUT2D eigenvalue weighted by molar-refractivity contribution is 6.68. The number of Topliss-reactive ketones (excluding diaryl/α,β-unsaturated/α-hetero) is 1. The van der Waals surface area contributed by atoms with Gasteiger partial charge in [0.25, 0.3) is 0 Å². The second-order valence-electron chi connectivity index (χ2n) is 5.75. The topological polar surface area (TPSA) is 163 Å². The largest absolute Gasteiger partial charge is 0.480 e. The molecule has 144 valence electrons. The van der Waals surface area contributed by atoms with Crippen LogP contribution in [0.2, 0.25) is 0 Å². The van der Waals surface area contributed by atoms with Crippen LogP contribution in [0.15, 0.2) is 35.3 Å². The van der Waals surface area contributed by atoms with E-state index in [1.807, 2.05) is 0 Å². The van der Waals surface area contributed by atoms with Crippen LogP contribution in [0.25, 0.3) is 0 Å². The molecule has 1 saturated heterocycles. The highest BCUT2D eigenvalue weighted by atomic mass is 16.6. The van der Waals surface area contributed by atoms with Gasteiger partial charge in [0.1, 0.15) is 18.7 Å². The van der Waals surface area contributed by atoms with E-state index >= 15 is 0 Å². The van der Waals surface area contributed by atoms with Crippen LogP contribution in [-0.4, -0.2) is 76.1 Å². The summed E-state index contributed by atoms with van der Waals surface area (Å²) < 4.78 is 4.61. The van der Waals surface area contributed by atoms with Gasteiger partial charge in [-0.15, -0.1) is 0 Å². The fourth-order valence-electron chi connectivity index (χ4n) is 2.39. The first-order valence-electron chi connectivity index (χ1n) is 7.98. The lowest BCUT2D eigenvalue weighted by molar-refractivity contribution is -0.147. The Morgan fingerprint density at radius 3 is 2.48 bits per heavy atom. The zero-order chi connectivity index (χ0) is 20.0. The van der Waals surface area contributed by atoms with E-state index in [1.54, 1.807) is 30.3 Å². The first kappa shape index (κ1) is 20.2. The van der Waals surface area contributed by atoms with E-state index in [4.69, 9.17) is 5.11 Å². The van der Waals surface area contributed by atoms with Gasteiger partial charge in [0, 0.05) is 6.42 Å². The average molecular weight is 378 g/mol. The summed E-state index contributed by atoms with van der Waals surface area (Å²) in [5.74, 6) is -4.13. The Morgan fingerprint density at radius 1 is 1.22 bits per heavy atom. The number of aliphatic hydroxyl groups is 2. The number of aliphatic imine (C=N–C) groups is 1. The molecule has 3 atom stereocenters. The highest BCUT2D eigenvalue weighted by Crippen LogP contribution is 2.12. The standard InChI is InChI=1S/C17H18N2O8/c20-8-11(21)15-14(23)13(17(26)27-15)18-7-12(22)19-10(16(24)25)6-9-4-2-1-3-5-9/h1-5,10-11,15,20-21H,6-8H2,(H,19,22)(H,24,25). The number of benzene rings is 1. The Labute approximate surface area is 153 Å². The van der Waals surface area contributed by atoms with E-state index < -0.39 is 60.7 Å². The minimum atomic E-state index is -1.59. The predicted molar refractivity (Wildman–Crippen MR) is 90.0 cm³/mol. The molecule has 1 heterocycles. The normalized spacial score (nSPS) is 20.2. The minimum Gasteiger partial charge on any atom is -0.480 e. The van der Waals surface area contributed by atoms with Crippen LogP contribution in [-0.2, 0) is 30.3 Å². The van der Waals surface area contributed by atoms with Crippen LogP contribution in [0.3, 0.4) is 0 Å². The molecule has 0 saturated carbocycles. The van der Waals surface area contributed by atoms with Gasteiger partial charge in [0.15, 0.2) is 11.8 Å². The molecule has 1 aromatic carbocycles. The number of nitrogens with one attached hydrogen (secondary N) is 1. The van der Waals surface area contributed by atoms with Gasteiger partial charge in [-0.3, -0.25) is 14.6 Å². The van der Waals surface area contributed by atoms with Crippen LogP contribution in [0, 0.1) is 0 Å². The van der Waals surface area contributed by atoms with Crippen LogP contribution in [0.1, 0.15) is 5.56 Å². The molecule has 27 heavy (non-hydrogen) atoms. The summed E-state index contributed by atoms with van der Waals surface area (Å²) in [4.78, 5) is 50.4. The van der Waals surface area contributed by atoms with E-state index in [1.165, 1.54) is 0 Å². The number of amides is 1. The van der Waals surface area contributed by atoms with Crippen molar-refractivity contribution in [2.24, 2.45) is 4.99 Å². The van der Waals surface area contributed by atoms with Gasteiger partial charge in [-0.05, 0) is 5.56 Å². The fourth-order valence-corrected chi connectivity index (χ4v) is 2.39. The van der Waals surface area contributed by atoms with Crippen molar-refractivity contribution < 1.29 is 39.2 Å². The van der Waals surface area contributed by atoms with Crippen LogP contribution in [0.4, 0.5) is 0 Å². The molecule has 0 aromatic heterocycles. The summed E-state index contributed by atoms with van der Waals surface area (Å²) in [7, 11) is 0. The second kappa shape index (κ2) is 9.01. The predicted octanol–water partition coefficient (Wildman–Crippen LogP) is -1.91. The molecule has 3 unspecified atom stereocenters. The third-order valence-electron chi connectivity index (χ3n) is 3.75. The smallest absolute Gasteiger partial charge is 0.361 e. The molecule has 1 aliphatic heterocycles. The van der Waals surface area contributed by atoms with Gasteiger partial charge in [0.05, 0.1) is 6.61 Å². The summed E-state index contributed by atoms with van der Waals surface area (Å²) in [6.07, 6.45) is -3.12. The molecule has 1 amide bonds. The SMILES string of the molecule is O=C(CN=C1C(=O)OC(C(O)CO)C1=O)NC(Cc1ccccc1)C(=O)O. The van der Waals surface area contributed by atoms with Crippen LogP contribution < -0.4 is 5.32 Å². The van der Waals surface area contributed by atoms with Crippen LogP contribution >= 0.6 is 0 Å². The van der Waals surface area contributed by atoms with Gasteiger partial charge in [0.2, 0.25) is 11.7 Å². The maximum atomic E-state index is 12.0. The van der Waals surface area contributed by atoms with Crippen molar-refractivity contribution in [2.45, 2.75) is 24.7 Å². The number of nitrogens with zero attached hydrogens (tertiary/aromatic N) is 1. The van der Waals surface area contributed by atoms with E-state index in [0.717, 1.165) is 0 Å². The Kier molecular flexibility index (Phi) is 6.74. The van der Waals surface area contributed by atoms with Gasteiger partial charge >= 0.3 is 11.9 Å². The molecule has 0 spiro atoms. The monoisotopic (exact) mass is 378 g/mol. The molecule has 1 fully saturated rings. The molecule has 0 bridgehead atoms. The number of carbonyl (C=O) groups is 4. The number of carbonyl (C=O) groups excluding carboxylic acids is 3. The van der Waals surface area contributed by atoms with Crippen molar-refractivity contribution >= 4 is 29.3 Å². The number of rotatable bonds is 8. The van der Waals surface area contributed by atoms with E-state index in [9.17, 15) is 29.4 Å². The van der Waals surface area contributed by atoms with Gasteiger partial charge in [-0.2, -0.15) is 0 Å². The van der Waals surface area contributed by atoms with E-state index in [0.29, 0.717) is 5.56 Å². The molecule has 4 N–H and O–H groups in total. The molecule has 10 heteroatoms. The lowest BCUT2D eigenvalue weighted by atomic mass is 10.1. The van der Waals surface area contributed by atoms with Crippen molar-refractivity contribution in [2.75, 3.05) is 13.2 Å². The van der Waals surface area contributed by atoms with Crippen molar-refractivity contribution in [3.05, 3.63) is 35.9 Å². The zero-order valence-corrected chi connectivity index (χ0v) is 14.1. The summed E-state index contributed by atoms with van der Waals surface area (Å²) in [6.45, 7) is -1.46. The number of hydrogen-bond donors (Lipinski definition) is 4. The van der Waals surface area contributed by atoms with E-state index in [-0.39, 0.29) is 6.42 Å². The van der Waals surface area contributed by atoms with Crippen molar-refractivity contribution in [1.82, 2.24) is 5.32 Å². The number of carboxylic acid groups (broad SMARTS) is 1. The quantitative estimate of drug-likeness (QED) is 0.381. The van der Waals surface area contributed by atoms with Gasteiger partial charge in [-0.1, -0.05) is 30.3 Å². The summed E-state index contributed by atoms with van der Waals surface area (Å²) in [6, 6.07) is 7.44. The molecule has 1 aliphatic rings. The van der Waals surface area contributed by atoms with Gasteiger partial charge < -0.3 is 25.4 Å². The number of cyclic esters (lactones) is 1. The van der Waals surface area contributed by atoms with Crippen molar-refractivity contribution in [1.29, 1.82) is 0 Å². The molecule has 0 aliphatic carbocycles. The van der Waals surface area contributed by atoms with Crippen molar-refractivity contribution in [3.8, 4) is 0 Å². The Bertz CT molecular complexity index is 761. The number of aliphatic carboxylic acids is 1. The third kappa shape index (κ3) is 5.19. The maximum Gasteiger partial charge on any atom is 0.361 e. The number of hydrogen-bond acceptors (Lipinski definition) is 8. The van der Waals surface area contributed by atoms with E-state index in [2.05, 4.69) is 15.0 Å². The molecule has 0 radical (unpaired) electrons. The van der Waals surface area contributed by atoms with Crippen molar-refractivity contribution in [3.63, 3.8) is 0 Å². The second-order valence-corrected chi connectivity index (χ2v) is 5.75. The lowest BCUT2D eigenvalue weighted by Gasteiger charge is -2.14. The summed E-state index contributed by atoms with van der Waals surface area (Å²) in [5, 5.41) is 29.7. The molecular formula is C17H18N2O8. The maximum absolute atomic E-state index is 12.0. The number of ketones is 1. The van der Waals surface area contributed by atoms with Gasteiger partial charge in [-0.25, -0.2) is 9.59 Å². The molecule has 2 rings (SSSR count). The number of carboxylic acids is 1. The summed E-state index contributed by atoms with van der Waals surface area (Å²) in [5.41, 5.74) is 0.0319. The molecular weight excluding hydrogens is 360 g/mol. The summed E-state index contributed by atoms with van der Waals surface area (Å²) >= 11 is 0. The zero-order valence-electron chi connectivity index (χ0n) is 14.1. The Morgan fingerprint density at radius 2 is 1.89 bits per heavy atom.